The summed E-state index contributed by atoms with van der Waals surface area (Å²) in [4.78, 5) is 0. The SMILES string of the molecule is CC1(C)CC(C(N)C2(C)CCCCO2)C(C)(C)O1. The Morgan fingerprint density at radius 1 is 1.11 bits per heavy atom. The van der Waals surface area contributed by atoms with Crippen LogP contribution < -0.4 is 5.73 Å². The molecule has 2 rings (SSSR count). The summed E-state index contributed by atoms with van der Waals surface area (Å²) in [5, 5.41) is 0. The number of rotatable bonds is 2. The van der Waals surface area contributed by atoms with E-state index < -0.39 is 0 Å². The van der Waals surface area contributed by atoms with Crippen LogP contribution in [0.3, 0.4) is 0 Å². The number of nitrogens with two attached hydrogens (primary N) is 1. The summed E-state index contributed by atoms with van der Waals surface area (Å²) < 4.78 is 12.2. The molecule has 3 heteroatoms. The van der Waals surface area contributed by atoms with E-state index in [1.165, 1.54) is 12.8 Å². The summed E-state index contributed by atoms with van der Waals surface area (Å²) >= 11 is 0. The first-order valence-corrected chi connectivity index (χ1v) is 7.26. The van der Waals surface area contributed by atoms with Gasteiger partial charge < -0.3 is 15.2 Å². The zero-order valence-electron chi connectivity index (χ0n) is 12.6. The zero-order valence-corrected chi connectivity index (χ0v) is 12.6. The molecule has 0 aliphatic carbocycles. The lowest BCUT2D eigenvalue weighted by Crippen LogP contribution is -2.57. The minimum atomic E-state index is -0.177. The molecular formula is C15H29NO2. The average Bonchev–Trinajstić information content (AvgIpc) is 2.46. The molecular weight excluding hydrogens is 226 g/mol. The molecule has 0 aromatic heterocycles. The minimum Gasteiger partial charge on any atom is -0.374 e. The molecule has 0 saturated carbocycles. The predicted octanol–water partition coefficient (Wildman–Crippen LogP) is 2.87. The summed E-state index contributed by atoms with van der Waals surface area (Å²) in [5.41, 5.74) is 6.17. The van der Waals surface area contributed by atoms with E-state index in [-0.39, 0.29) is 22.8 Å². The normalized spacial score (nSPS) is 40.7. The maximum atomic E-state index is 6.58. The summed E-state index contributed by atoms with van der Waals surface area (Å²) in [6.07, 6.45) is 4.47. The zero-order chi connectivity index (χ0) is 13.6. The fourth-order valence-electron chi connectivity index (χ4n) is 3.81. The smallest absolute Gasteiger partial charge is 0.0808 e. The molecule has 2 heterocycles. The summed E-state index contributed by atoms with van der Waals surface area (Å²) in [6.45, 7) is 11.7. The average molecular weight is 255 g/mol. The van der Waals surface area contributed by atoms with E-state index in [0.29, 0.717) is 5.92 Å². The van der Waals surface area contributed by atoms with Crippen molar-refractivity contribution in [1.29, 1.82) is 0 Å². The first-order chi connectivity index (χ1) is 8.16. The van der Waals surface area contributed by atoms with Crippen LogP contribution in [-0.2, 0) is 9.47 Å². The second-order valence-electron chi connectivity index (χ2n) is 7.42. The third kappa shape index (κ3) is 2.59. The molecule has 0 aromatic carbocycles. The third-order valence-corrected chi connectivity index (χ3v) is 4.78. The fourth-order valence-corrected chi connectivity index (χ4v) is 3.81. The van der Waals surface area contributed by atoms with Gasteiger partial charge in [0, 0.05) is 18.6 Å². The monoisotopic (exact) mass is 255 g/mol. The van der Waals surface area contributed by atoms with Crippen molar-refractivity contribution >= 4 is 0 Å². The van der Waals surface area contributed by atoms with Gasteiger partial charge >= 0.3 is 0 Å². The maximum absolute atomic E-state index is 6.58. The largest absolute Gasteiger partial charge is 0.374 e. The first-order valence-electron chi connectivity index (χ1n) is 7.26. The van der Waals surface area contributed by atoms with Crippen LogP contribution in [-0.4, -0.2) is 29.5 Å². The van der Waals surface area contributed by atoms with Gasteiger partial charge in [-0.2, -0.15) is 0 Å². The van der Waals surface area contributed by atoms with Gasteiger partial charge in [0.15, 0.2) is 0 Å². The van der Waals surface area contributed by atoms with Crippen molar-refractivity contribution in [3.8, 4) is 0 Å². The van der Waals surface area contributed by atoms with E-state index in [0.717, 1.165) is 19.4 Å². The van der Waals surface area contributed by atoms with Gasteiger partial charge in [0.05, 0.1) is 16.8 Å². The van der Waals surface area contributed by atoms with E-state index in [1.807, 2.05) is 0 Å². The molecule has 106 valence electrons. The molecule has 3 atom stereocenters. The Morgan fingerprint density at radius 3 is 2.22 bits per heavy atom. The third-order valence-electron chi connectivity index (χ3n) is 4.78. The van der Waals surface area contributed by atoms with Crippen LogP contribution >= 0.6 is 0 Å². The van der Waals surface area contributed by atoms with Gasteiger partial charge in [0.1, 0.15) is 0 Å². The summed E-state index contributed by atoms with van der Waals surface area (Å²) in [5.74, 6) is 0.357. The van der Waals surface area contributed by atoms with E-state index in [4.69, 9.17) is 15.2 Å². The molecule has 2 aliphatic rings. The molecule has 0 spiro atoms. The molecule has 0 aromatic rings. The lowest BCUT2D eigenvalue weighted by molar-refractivity contribution is -0.116. The number of hydrogen-bond donors (Lipinski definition) is 1. The van der Waals surface area contributed by atoms with Gasteiger partial charge in [0.2, 0.25) is 0 Å². The van der Waals surface area contributed by atoms with Gasteiger partial charge in [-0.25, -0.2) is 0 Å². The Labute approximate surface area is 111 Å². The topological polar surface area (TPSA) is 44.5 Å². The standard InChI is InChI=1S/C15H29NO2/c1-13(2)10-11(14(3,4)18-13)12(16)15(5)8-6-7-9-17-15/h11-12H,6-10,16H2,1-5H3. The lowest BCUT2D eigenvalue weighted by atomic mass is 9.73. The molecule has 3 nitrogen and oxygen atoms in total. The number of ether oxygens (including phenoxy) is 2. The molecule has 3 unspecified atom stereocenters. The van der Waals surface area contributed by atoms with Crippen LogP contribution in [0.2, 0.25) is 0 Å². The Morgan fingerprint density at radius 2 is 1.78 bits per heavy atom. The van der Waals surface area contributed by atoms with E-state index in [2.05, 4.69) is 34.6 Å². The highest BCUT2D eigenvalue weighted by Crippen LogP contribution is 2.46. The molecule has 2 fully saturated rings. The van der Waals surface area contributed by atoms with E-state index >= 15 is 0 Å². The first kappa shape index (κ1) is 14.3. The summed E-state index contributed by atoms with van der Waals surface area (Å²) in [7, 11) is 0. The van der Waals surface area contributed by atoms with Crippen LogP contribution in [0, 0.1) is 5.92 Å². The van der Waals surface area contributed by atoms with E-state index in [1.54, 1.807) is 0 Å². The van der Waals surface area contributed by atoms with Crippen molar-refractivity contribution in [2.45, 2.75) is 83.1 Å². The van der Waals surface area contributed by atoms with Crippen molar-refractivity contribution in [2.75, 3.05) is 6.61 Å². The lowest BCUT2D eigenvalue weighted by Gasteiger charge is -2.44. The molecule has 2 N–H and O–H groups in total. The van der Waals surface area contributed by atoms with Crippen LogP contribution in [0.15, 0.2) is 0 Å². The van der Waals surface area contributed by atoms with Gasteiger partial charge in [-0.15, -0.1) is 0 Å². The van der Waals surface area contributed by atoms with Gasteiger partial charge in [-0.1, -0.05) is 0 Å². The van der Waals surface area contributed by atoms with Crippen LogP contribution in [0.1, 0.15) is 60.3 Å². The molecule has 0 amide bonds. The summed E-state index contributed by atoms with van der Waals surface area (Å²) in [6, 6.07) is 0.0505. The fraction of sp³-hybridized carbons (Fsp3) is 1.00. The molecule has 0 radical (unpaired) electrons. The van der Waals surface area contributed by atoms with Crippen molar-refractivity contribution in [3.63, 3.8) is 0 Å². The Kier molecular flexibility index (Phi) is 3.54. The highest BCUT2D eigenvalue weighted by molar-refractivity contribution is 5.04. The van der Waals surface area contributed by atoms with Crippen molar-refractivity contribution in [3.05, 3.63) is 0 Å². The highest BCUT2D eigenvalue weighted by Gasteiger charge is 2.52. The minimum absolute atomic E-state index is 0.0505. The second-order valence-corrected chi connectivity index (χ2v) is 7.42. The Hall–Kier alpha value is -0.120. The van der Waals surface area contributed by atoms with Crippen LogP contribution in [0.4, 0.5) is 0 Å². The molecule has 2 saturated heterocycles. The Balaban J connectivity index is 2.15. The van der Waals surface area contributed by atoms with Crippen molar-refractivity contribution in [1.82, 2.24) is 0 Å². The molecule has 0 bridgehead atoms. The van der Waals surface area contributed by atoms with Crippen LogP contribution in [0.25, 0.3) is 0 Å². The molecule has 2 aliphatic heterocycles. The quantitative estimate of drug-likeness (QED) is 0.825. The van der Waals surface area contributed by atoms with Crippen molar-refractivity contribution < 1.29 is 9.47 Å². The van der Waals surface area contributed by atoms with Gasteiger partial charge in [-0.3, -0.25) is 0 Å². The highest BCUT2D eigenvalue weighted by atomic mass is 16.5. The second kappa shape index (κ2) is 4.46. The predicted molar refractivity (Wildman–Crippen MR) is 73.5 cm³/mol. The number of hydrogen-bond acceptors (Lipinski definition) is 3. The van der Waals surface area contributed by atoms with E-state index in [9.17, 15) is 0 Å². The van der Waals surface area contributed by atoms with Crippen LogP contribution in [0.5, 0.6) is 0 Å². The van der Waals surface area contributed by atoms with Gasteiger partial charge in [-0.05, 0) is 60.3 Å². The molecule has 18 heavy (non-hydrogen) atoms. The maximum Gasteiger partial charge on any atom is 0.0808 e. The van der Waals surface area contributed by atoms with Gasteiger partial charge in [0.25, 0.3) is 0 Å². The Bertz CT molecular complexity index is 306. The van der Waals surface area contributed by atoms with Crippen molar-refractivity contribution in [2.24, 2.45) is 11.7 Å².